The van der Waals surface area contributed by atoms with Crippen molar-refractivity contribution in [3.63, 3.8) is 0 Å². The summed E-state index contributed by atoms with van der Waals surface area (Å²) in [7, 11) is 0. The molecule has 0 saturated heterocycles. The monoisotopic (exact) mass is 218 g/mol. The highest BCUT2D eigenvalue weighted by molar-refractivity contribution is 6.06. The predicted octanol–water partition coefficient (Wildman–Crippen LogP) is 4.20. The van der Waals surface area contributed by atoms with Gasteiger partial charge in [-0.3, -0.25) is 0 Å². The highest BCUT2D eigenvalue weighted by Crippen LogP contribution is 2.39. The molecule has 2 aliphatic rings. The summed E-state index contributed by atoms with van der Waals surface area (Å²) >= 11 is 0. The van der Waals surface area contributed by atoms with Gasteiger partial charge in [-0.1, -0.05) is 30.4 Å². The molecule has 1 fully saturated rings. The molecule has 0 amide bonds. The van der Waals surface area contributed by atoms with Crippen LogP contribution in [-0.2, 0) is 0 Å². The quantitative estimate of drug-likeness (QED) is 0.540. The Morgan fingerprint density at radius 1 is 1.62 bits per heavy atom. The lowest BCUT2D eigenvalue weighted by Gasteiger charge is -2.12. The number of nitrogens with one attached hydrogen (secondary N) is 1. The molecular formula is C15H19N. The van der Waals surface area contributed by atoms with Crippen molar-refractivity contribution in [3.8, 4) is 0 Å². The summed E-state index contributed by atoms with van der Waals surface area (Å²) in [5.74, 6) is 0.582. The van der Waals surface area contributed by atoms with Gasteiger partial charge < -0.3 is 5.41 Å². The number of rotatable bonds is 4. The van der Waals surface area contributed by atoms with Crippen molar-refractivity contribution in [2.45, 2.75) is 32.5 Å². The zero-order valence-electron chi connectivity index (χ0n) is 14.3. The highest BCUT2D eigenvalue weighted by atomic mass is 14.4. The summed E-state index contributed by atoms with van der Waals surface area (Å²) in [6, 6.07) is -0.831. The van der Waals surface area contributed by atoms with Crippen LogP contribution in [0.2, 0.25) is 0 Å². The van der Waals surface area contributed by atoms with Crippen molar-refractivity contribution in [2.24, 2.45) is 5.92 Å². The molecule has 0 aromatic heterocycles. The van der Waals surface area contributed by atoms with E-state index in [2.05, 4.69) is 12.7 Å². The molecule has 0 aromatic rings. The minimum atomic E-state index is -2.50. The number of allylic oxidation sites excluding steroid dienone is 7. The third-order valence-corrected chi connectivity index (χ3v) is 2.84. The van der Waals surface area contributed by atoms with Crippen molar-refractivity contribution in [1.82, 2.24) is 0 Å². The van der Waals surface area contributed by atoms with Crippen LogP contribution in [0.3, 0.4) is 0 Å². The lowest BCUT2D eigenvalue weighted by molar-refractivity contribution is 0.929. The standard InChI is InChI=1S/C15H19N/c1-11(2)6-9-15(16)14-5-3-4-13(10-14)12-7-8-12/h4,6,9-10,12,16H,1,3,5,7-8H2,2H3/b9-6-,16-15?/i2D3,6D,9D. The van der Waals surface area contributed by atoms with Gasteiger partial charge in [-0.15, -0.1) is 0 Å². The molecule has 1 saturated carbocycles. The molecule has 1 N–H and O–H groups in total. The second kappa shape index (κ2) is 4.65. The lowest BCUT2D eigenvalue weighted by Crippen LogP contribution is -2.02. The molecule has 0 aromatic carbocycles. The van der Waals surface area contributed by atoms with Gasteiger partial charge in [0.15, 0.2) is 0 Å². The van der Waals surface area contributed by atoms with Crippen LogP contribution in [0.25, 0.3) is 0 Å². The van der Waals surface area contributed by atoms with Gasteiger partial charge in [-0.2, -0.15) is 0 Å². The van der Waals surface area contributed by atoms with Gasteiger partial charge in [0.25, 0.3) is 0 Å². The maximum absolute atomic E-state index is 8.08. The highest BCUT2D eigenvalue weighted by Gasteiger charge is 2.26. The molecule has 0 unspecified atom stereocenters. The fourth-order valence-corrected chi connectivity index (χ4v) is 1.84. The smallest absolute Gasteiger partial charge is 0.0645 e. The van der Waals surface area contributed by atoms with Gasteiger partial charge in [0.1, 0.15) is 0 Å². The normalized spacial score (nSPS) is 27.1. The molecule has 2 rings (SSSR count). The van der Waals surface area contributed by atoms with Crippen LogP contribution in [0.15, 0.2) is 47.6 Å². The first-order valence-electron chi connectivity index (χ1n) is 8.09. The topological polar surface area (TPSA) is 23.9 Å². The fraction of sp³-hybridized carbons (Fsp3) is 0.400. The summed E-state index contributed by atoms with van der Waals surface area (Å²) in [5.41, 5.74) is 1.49. The maximum atomic E-state index is 8.08. The van der Waals surface area contributed by atoms with E-state index in [9.17, 15) is 0 Å². The lowest BCUT2D eigenvalue weighted by atomic mass is 9.93. The molecular weight excluding hydrogens is 194 g/mol. The Labute approximate surface area is 105 Å². The van der Waals surface area contributed by atoms with E-state index in [4.69, 9.17) is 12.3 Å². The Morgan fingerprint density at radius 3 is 3.12 bits per heavy atom. The van der Waals surface area contributed by atoms with Crippen LogP contribution in [0.5, 0.6) is 0 Å². The minimum absolute atomic E-state index is 0.0587. The molecule has 84 valence electrons. The van der Waals surface area contributed by atoms with E-state index >= 15 is 0 Å². The van der Waals surface area contributed by atoms with Crippen LogP contribution >= 0.6 is 0 Å². The van der Waals surface area contributed by atoms with E-state index in [1.807, 2.05) is 6.08 Å². The van der Waals surface area contributed by atoms with Gasteiger partial charge in [-0.05, 0) is 55.7 Å². The third kappa shape index (κ3) is 2.82. The van der Waals surface area contributed by atoms with E-state index in [1.165, 1.54) is 18.4 Å². The molecule has 0 spiro atoms. The van der Waals surface area contributed by atoms with E-state index in [-0.39, 0.29) is 17.3 Å². The SMILES string of the molecule is [2H]/C(C(=C)C([2H])([2H])[2H])=C(\[2H])C(=N)C1=CC(C2CC2)=CCC1. The van der Waals surface area contributed by atoms with Crippen molar-refractivity contribution >= 4 is 5.71 Å². The van der Waals surface area contributed by atoms with E-state index in [1.54, 1.807) is 0 Å². The zero-order chi connectivity index (χ0) is 15.8. The Balaban J connectivity index is 2.23. The van der Waals surface area contributed by atoms with E-state index in [0.29, 0.717) is 17.9 Å². The van der Waals surface area contributed by atoms with Crippen molar-refractivity contribution in [3.05, 3.63) is 47.6 Å². The van der Waals surface area contributed by atoms with E-state index < -0.39 is 12.9 Å². The Hall–Kier alpha value is -1.37. The second-order valence-electron chi connectivity index (χ2n) is 4.29. The molecule has 0 heterocycles. The predicted molar refractivity (Wildman–Crippen MR) is 69.8 cm³/mol. The van der Waals surface area contributed by atoms with Gasteiger partial charge in [-0.25, -0.2) is 0 Å². The largest absolute Gasteiger partial charge is 0.301 e. The Bertz CT molecular complexity index is 573. The average Bonchev–Trinajstić information content (AvgIpc) is 3.27. The maximum Gasteiger partial charge on any atom is 0.0645 e. The summed E-state index contributed by atoms with van der Waals surface area (Å²) in [5, 5.41) is 8.08. The van der Waals surface area contributed by atoms with Crippen molar-refractivity contribution in [1.29, 1.82) is 5.41 Å². The molecule has 1 heteroatoms. The van der Waals surface area contributed by atoms with Crippen LogP contribution in [0, 0.1) is 11.3 Å². The first-order valence-corrected chi connectivity index (χ1v) is 5.59. The third-order valence-electron chi connectivity index (χ3n) is 2.84. The van der Waals surface area contributed by atoms with E-state index in [0.717, 1.165) is 6.42 Å². The molecule has 2 aliphatic carbocycles. The van der Waals surface area contributed by atoms with Gasteiger partial charge in [0.2, 0.25) is 0 Å². The van der Waals surface area contributed by atoms with Gasteiger partial charge >= 0.3 is 0 Å². The van der Waals surface area contributed by atoms with Crippen molar-refractivity contribution in [2.75, 3.05) is 0 Å². The molecule has 0 bridgehead atoms. The van der Waals surface area contributed by atoms with Gasteiger partial charge in [0, 0.05) is 4.11 Å². The summed E-state index contributed by atoms with van der Waals surface area (Å²) in [6.45, 7) is 0.876. The molecule has 16 heavy (non-hydrogen) atoms. The second-order valence-corrected chi connectivity index (χ2v) is 4.29. The summed E-state index contributed by atoms with van der Waals surface area (Å²) in [6.07, 6.45) is 7.94. The fourth-order valence-electron chi connectivity index (χ4n) is 1.84. The van der Waals surface area contributed by atoms with Gasteiger partial charge in [0.05, 0.1) is 8.45 Å². The first-order chi connectivity index (χ1) is 9.71. The van der Waals surface area contributed by atoms with Crippen molar-refractivity contribution < 1.29 is 6.85 Å². The Kier molecular flexibility index (Phi) is 1.85. The average molecular weight is 218 g/mol. The van der Waals surface area contributed by atoms with Crippen LogP contribution < -0.4 is 0 Å². The van der Waals surface area contributed by atoms with Crippen LogP contribution in [0.4, 0.5) is 0 Å². The zero-order valence-corrected chi connectivity index (χ0v) is 9.27. The van der Waals surface area contributed by atoms with Crippen LogP contribution in [-0.4, -0.2) is 5.71 Å². The number of hydrogen-bond acceptors (Lipinski definition) is 1. The molecule has 0 radical (unpaired) electrons. The number of hydrogen-bond donors (Lipinski definition) is 1. The molecule has 0 atom stereocenters. The molecule has 1 nitrogen and oxygen atoms in total. The first kappa shape index (κ1) is 6.39. The minimum Gasteiger partial charge on any atom is -0.301 e. The Morgan fingerprint density at radius 2 is 2.44 bits per heavy atom. The summed E-state index contributed by atoms with van der Waals surface area (Å²) < 4.78 is 37.4. The molecule has 0 aliphatic heterocycles. The van der Waals surface area contributed by atoms with Crippen LogP contribution in [0.1, 0.15) is 39.4 Å². The summed E-state index contributed by atoms with van der Waals surface area (Å²) in [4.78, 5) is 0.